The molecule has 4 aromatic carbocycles. The van der Waals surface area contributed by atoms with Gasteiger partial charge in [-0.15, -0.1) is 0 Å². The number of likely N-dealkylation sites (tertiary alicyclic amines) is 1. The number of benzene rings is 4. The van der Waals surface area contributed by atoms with Crippen molar-refractivity contribution in [3.8, 4) is 11.5 Å². The zero-order valence-electron chi connectivity index (χ0n) is 33.8. The number of imide groups is 1. The Morgan fingerprint density at radius 2 is 1.58 bits per heavy atom. The number of hydrogen-bond donors (Lipinski definition) is 2. The maximum Gasteiger partial charge on any atom is 0.255 e. The summed E-state index contributed by atoms with van der Waals surface area (Å²) < 4.78 is 6.43. The van der Waals surface area contributed by atoms with Gasteiger partial charge in [0, 0.05) is 59.8 Å². The molecule has 0 radical (unpaired) electrons. The fourth-order valence-corrected chi connectivity index (χ4v) is 12.5. The molecule has 59 heavy (non-hydrogen) atoms. The molecule has 3 saturated heterocycles. The first-order valence-corrected chi connectivity index (χ1v) is 22.1. The number of carbonyl (C=O) groups is 3. The molecule has 0 aromatic heterocycles. The van der Waals surface area contributed by atoms with Crippen LogP contribution in [0, 0.1) is 11.3 Å². The highest BCUT2D eigenvalue weighted by molar-refractivity contribution is 6.05. The number of phenols is 1. The Balaban J connectivity index is 0.685. The Bertz CT molecular complexity index is 2300. The van der Waals surface area contributed by atoms with Crippen LogP contribution in [0.3, 0.4) is 0 Å². The van der Waals surface area contributed by atoms with Gasteiger partial charge >= 0.3 is 0 Å². The Labute approximate surface area is 346 Å². The van der Waals surface area contributed by atoms with E-state index < -0.39 is 6.04 Å². The lowest BCUT2D eigenvalue weighted by Crippen LogP contribution is -2.52. The van der Waals surface area contributed by atoms with Gasteiger partial charge in [-0.25, -0.2) is 0 Å². The van der Waals surface area contributed by atoms with Gasteiger partial charge in [0.25, 0.3) is 5.91 Å². The molecule has 304 valence electrons. The van der Waals surface area contributed by atoms with E-state index in [9.17, 15) is 19.5 Å². The zero-order valence-corrected chi connectivity index (χ0v) is 33.8. The Kier molecular flexibility index (Phi) is 8.91. The molecule has 9 heteroatoms. The second kappa shape index (κ2) is 14.3. The highest BCUT2D eigenvalue weighted by Crippen LogP contribution is 2.55. The van der Waals surface area contributed by atoms with Crippen molar-refractivity contribution in [3.05, 3.63) is 124 Å². The maximum absolute atomic E-state index is 13.4. The van der Waals surface area contributed by atoms with Crippen LogP contribution in [0.25, 0.3) is 0 Å². The first-order valence-electron chi connectivity index (χ1n) is 22.1. The van der Waals surface area contributed by atoms with Gasteiger partial charge in [-0.05, 0) is 141 Å². The number of rotatable bonds is 6. The van der Waals surface area contributed by atoms with E-state index in [0.29, 0.717) is 42.2 Å². The van der Waals surface area contributed by atoms with Crippen molar-refractivity contribution in [3.63, 3.8) is 0 Å². The van der Waals surface area contributed by atoms with Crippen LogP contribution in [0.4, 0.5) is 5.69 Å². The van der Waals surface area contributed by atoms with E-state index in [1.54, 1.807) is 4.90 Å². The number of nitrogens with one attached hydrogen (secondary N) is 1. The molecule has 7 aliphatic rings. The number of piperidine rings is 3. The molecule has 2 N–H and O–H groups in total. The molecule has 5 aliphatic heterocycles. The van der Waals surface area contributed by atoms with E-state index in [0.717, 1.165) is 69.1 Å². The summed E-state index contributed by atoms with van der Waals surface area (Å²) in [6, 6.07) is 29.8. The average Bonchev–Trinajstić information content (AvgIpc) is 3.78. The standard InChI is InChI=1S/C50H54N4O5/c55-37-11-13-39-35(26-37)8-12-38(33-4-2-1-3-5-33)45(39)34-6-9-36(10-7-34)53-24-18-49(19-25-53)27-32(28-49)29-52-22-20-50(21-23-52)31-59-46-41-30-54(43-16-17-44(56)51-47(43)57)48(58)40(41)14-15-42(46)50/h1-7,9-11,13-15,26,32,38,43,45,55H,8,12,16-25,27-31H2,(H,51,56,57)/t38-,43?,45+/m1/s1. The molecule has 2 spiro atoms. The van der Waals surface area contributed by atoms with Crippen LogP contribution in [0.1, 0.15) is 113 Å². The minimum atomic E-state index is -0.615. The molecule has 3 atom stereocenters. The fraction of sp³-hybridized carbons (Fsp3) is 0.460. The van der Waals surface area contributed by atoms with Crippen LogP contribution in [0.2, 0.25) is 0 Å². The predicted octanol–water partition coefficient (Wildman–Crippen LogP) is 7.44. The highest BCUT2D eigenvalue weighted by atomic mass is 16.5. The number of hydrogen-bond acceptors (Lipinski definition) is 7. The van der Waals surface area contributed by atoms with E-state index in [1.807, 2.05) is 18.2 Å². The van der Waals surface area contributed by atoms with Gasteiger partial charge in [0.1, 0.15) is 17.5 Å². The summed E-state index contributed by atoms with van der Waals surface area (Å²) in [6.07, 6.45) is 10.0. The molecular formula is C50H54N4O5. The quantitative estimate of drug-likeness (QED) is 0.196. The summed E-state index contributed by atoms with van der Waals surface area (Å²) in [5.74, 6) is 1.88. The summed E-state index contributed by atoms with van der Waals surface area (Å²) in [4.78, 5) is 44.7. The number of aromatic hydroxyl groups is 1. The van der Waals surface area contributed by atoms with Crippen molar-refractivity contribution in [2.45, 2.75) is 94.0 Å². The van der Waals surface area contributed by atoms with E-state index >= 15 is 0 Å². The van der Waals surface area contributed by atoms with Crippen LogP contribution in [0.15, 0.2) is 84.9 Å². The van der Waals surface area contributed by atoms with E-state index in [4.69, 9.17) is 4.74 Å². The monoisotopic (exact) mass is 790 g/mol. The van der Waals surface area contributed by atoms with Gasteiger partial charge in [-0.3, -0.25) is 19.7 Å². The second-order valence-corrected chi connectivity index (χ2v) is 19.0. The van der Waals surface area contributed by atoms with Crippen molar-refractivity contribution in [1.29, 1.82) is 0 Å². The third-order valence-corrected chi connectivity index (χ3v) is 15.8. The lowest BCUT2D eigenvalue weighted by Gasteiger charge is -2.54. The molecular weight excluding hydrogens is 737 g/mol. The predicted molar refractivity (Wildman–Crippen MR) is 226 cm³/mol. The van der Waals surface area contributed by atoms with E-state index in [2.05, 4.69) is 81.8 Å². The largest absolute Gasteiger partial charge is 0.508 e. The molecule has 3 amide bonds. The molecule has 4 aromatic rings. The third kappa shape index (κ3) is 6.34. The molecule has 11 rings (SSSR count). The lowest BCUT2D eigenvalue weighted by molar-refractivity contribution is -0.136. The minimum Gasteiger partial charge on any atom is -0.508 e. The summed E-state index contributed by atoms with van der Waals surface area (Å²) in [6.45, 7) is 6.57. The number of carbonyl (C=O) groups excluding carboxylic acids is 3. The lowest BCUT2D eigenvalue weighted by atomic mass is 9.57. The zero-order chi connectivity index (χ0) is 39.9. The number of aryl methyl sites for hydroxylation is 1. The topological polar surface area (TPSA) is 102 Å². The number of amides is 3. The molecule has 9 nitrogen and oxygen atoms in total. The fourth-order valence-electron chi connectivity index (χ4n) is 12.5. The summed E-state index contributed by atoms with van der Waals surface area (Å²) in [7, 11) is 0. The minimum absolute atomic E-state index is 0.0215. The van der Waals surface area contributed by atoms with Crippen molar-refractivity contribution in [2.24, 2.45) is 11.3 Å². The molecule has 4 fully saturated rings. The van der Waals surface area contributed by atoms with Gasteiger partial charge in [0.15, 0.2) is 0 Å². The van der Waals surface area contributed by atoms with Crippen molar-refractivity contribution >= 4 is 23.4 Å². The second-order valence-electron chi connectivity index (χ2n) is 19.0. The third-order valence-electron chi connectivity index (χ3n) is 15.8. The molecule has 1 unspecified atom stereocenters. The van der Waals surface area contributed by atoms with Crippen LogP contribution in [-0.4, -0.2) is 78.0 Å². The number of fused-ring (bicyclic) bond motifs is 5. The number of nitrogens with zero attached hydrogens (tertiary/aromatic N) is 3. The Morgan fingerprint density at radius 3 is 2.34 bits per heavy atom. The van der Waals surface area contributed by atoms with Gasteiger partial charge in [0.2, 0.25) is 11.8 Å². The van der Waals surface area contributed by atoms with E-state index in [-0.39, 0.29) is 35.5 Å². The molecule has 0 bridgehead atoms. The summed E-state index contributed by atoms with van der Waals surface area (Å²) in [5.41, 5.74) is 9.95. The molecule has 5 heterocycles. The Hall–Kier alpha value is -5.15. The first-order chi connectivity index (χ1) is 28.7. The number of phenolic OH excluding ortho intramolecular Hbond substituents is 1. The van der Waals surface area contributed by atoms with Gasteiger partial charge in [-0.1, -0.05) is 54.6 Å². The number of anilines is 1. The summed E-state index contributed by atoms with van der Waals surface area (Å²) in [5, 5.41) is 12.7. The van der Waals surface area contributed by atoms with Crippen LogP contribution >= 0.6 is 0 Å². The van der Waals surface area contributed by atoms with Crippen molar-refractivity contribution < 1.29 is 24.2 Å². The van der Waals surface area contributed by atoms with Crippen molar-refractivity contribution in [1.82, 2.24) is 15.1 Å². The smallest absolute Gasteiger partial charge is 0.255 e. The van der Waals surface area contributed by atoms with Gasteiger partial charge < -0.3 is 24.5 Å². The van der Waals surface area contributed by atoms with Crippen molar-refractivity contribution in [2.75, 3.05) is 44.2 Å². The first kappa shape index (κ1) is 36.9. The van der Waals surface area contributed by atoms with Crippen LogP contribution in [0.5, 0.6) is 11.5 Å². The SMILES string of the molecule is O=C1CCC(N2Cc3c(ccc4c3OCC43CCN(CC4CC5(CCN(c6ccc([C@@H]7c8ccc(O)cc8CC[C@@H]7c7ccccc7)cc6)CC5)C4)CC3)C2=O)C(=O)N1. The molecule has 2 aliphatic carbocycles. The molecule has 1 saturated carbocycles. The normalized spacial score (nSPS) is 26.0. The average molecular weight is 791 g/mol. The van der Waals surface area contributed by atoms with Crippen LogP contribution < -0.4 is 15.0 Å². The number of ether oxygens (including phenoxy) is 1. The maximum atomic E-state index is 13.4. The van der Waals surface area contributed by atoms with Crippen LogP contribution in [-0.2, 0) is 28.0 Å². The van der Waals surface area contributed by atoms with Gasteiger partial charge in [-0.2, -0.15) is 0 Å². The van der Waals surface area contributed by atoms with E-state index in [1.165, 1.54) is 65.7 Å². The highest BCUT2D eigenvalue weighted by Gasteiger charge is 2.50. The Morgan fingerprint density at radius 1 is 0.797 bits per heavy atom. The van der Waals surface area contributed by atoms with Gasteiger partial charge in [0.05, 0.1) is 13.2 Å². The summed E-state index contributed by atoms with van der Waals surface area (Å²) >= 11 is 0.